The average Bonchev–Trinajstić information content (AvgIpc) is 2.78. The Kier molecular flexibility index (Phi) is 7.45. The van der Waals surface area contributed by atoms with Crippen molar-refractivity contribution in [1.29, 1.82) is 0 Å². The van der Waals surface area contributed by atoms with Gasteiger partial charge in [0.05, 0.1) is 38.3 Å². The van der Waals surface area contributed by atoms with Gasteiger partial charge in [0, 0.05) is 22.3 Å². The lowest BCUT2D eigenvalue weighted by atomic mass is 10.1. The molecule has 3 aromatic rings. The monoisotopic (exact) mass is 492 g/mol. The van der Waals surface area contributed by atoms with E-state index in [1.807, 2.05) is 0 Å². The Morgan fingerprint density at radius 1 is 1.03 bits per heavy atom. The van der Waals surface area contributed by atoms with E-state index in [0.29, 0.717) is 10.7 Å². The molecule has 0 radical (unpaired) electrons. The number of carbonyl (C=O) groups excluding carboxylic acids is 1. The highest BCUT2D eigenvalue weighted by atomic mass is 35.5. The van der Waals surface area contributed by atoms with Crippen LogP contribution in [0.5, 0.6) is 11.5 Å². The first-order valence-electron chi connectivity index (χ1n) is 9.68. The second-order valence-corrected chi connectivity index (χ2v) is 9.39. The molecule has 0 saturated heterocycles. The molecule has 0 aromatic heterocycles. The lowest BCUT2D eigenvalue weighted by Gasteiger charge is -2.26. The number of ether oxygens (including phenoxy) is 2. The summed E-state index contributed by atoms with van der Waals surface area (Å²) in [5, 5.41) is 3.20. The minimum absolute atomic E-state index is 0.00451. The number of rotatable bonds is 8. The lowest BCUT2D eigenvalue weighted by Crippen LogP contribution is -2.32. The highest BCUT2D eigenvalue weighted by Crippen LogP contribution is 2.37. The van der Waals surface area contributed by atoms with Gasteiger partial charge in [0.2, 0.25) is 10.0 Å². The normalized spacial score (nSPS) is 11.1. The van der Waals surface area contributed by atoms with Crippen LogP contribution in [0.25, 0.3) is 0 Å². The molecule has 0 aliphatic heterocycles. The smallest absolute Gasteiger partial charge is 0.257 e. The van der Waals surface area contributed by atoms with Crippen LogP contribution in [0.2, 0.25) is 5.02 Å². The van der Waals surface area contributed by atoms with Crippen LogP contribution in [0.15, 0.2) is 60.7 Å². The van der Waals surface area contributed by atoms with Gasteiger partial charge in [-0.1, -0.05) is 29.8 Å². The zero-order valence-electron chi connectivity index (χ0n) is 18.1. The maximum atomic E-state index is 14.3. The van der Waals surface area contributed by atoms with Gasteiger partial charge in [-0.2, -0.15) is 0 Å². The molecule has 0 fully saturated rings. The van der Waals surface area contributed by atoms with E-state index in [9.17, 15) is 17.6 Å². The third-order valence-electron chi connectivity index (χ3n) is 4.79. The molecule has 33 heavy (non-hydrogen) atoms. The SMILES string of the molecule is COc1cc(C(=O)Nc2ccc(Cl)cc2)c(N(Cc2ccccc2F)S(C)(=O)=O)cc1OC. The Hall–Kier alpha value is -3.30. The molecule has 0 aliphatic carbocycles. The second-order valence-electron chi connectivity index (χ2n) is 7.05. The van der Waals surface area contributed by atoms with Crippen LogP contribution in [0.3, 0.4) is 0 Å². The van der Waals surface area contributed by atoms with Gasteiger partial charge < -0.3 is 14.8 Å². The number of methoxy groups -OCH3 is 2. The molecule has 0 spiro atoms. The van der Waals surface area contributed by atoms with Crippen molar-refractivity contribution in [1.82, 2.24) is 0 Å². The molecule has 174 valence electrons. The number of carbonyl (C=O) groups is 1. The molecule has 0 atom stereocenters. The molecular weight excluding hydrogens is 471 g/mol. The van der Waals surface area contributed by atoms with E-state index < -0.39 is 21.7 Å². The van der Waals surface area contributed by atoms with Crippen LogP contribution < -0.4 is 19.1 Å². The molecule has 1 amide bonds. The summed E-state index contributed by atoms with van der Waals surface area (Å²) in [7, 11) is -1.16. The predicted octanol–water partition coefficient (Wildman–Crippen LogP) is 4.71. The third-order valence-corrected chi connectivity index (χ3v) is 6.17. The minimum Gasteiger partial charge on any atom is -0.493 e. The molecule has 0 aliphatic rings. The number of halogens is 2. The summed E-state index contributed by atoms with van der Waals surface area (Å²) in [6.07, 6.45) is 0.978. The molecule has 0 saturated carbocycles. The number of sulfonamides is 1. The van der Waals surface area contributed by atoms with E-state index in [4.69, 9.17) is 21.1 Å². The minimum atomic E-state index is -3.94. The quantitative estimate of drug-likeness (QED) is 0.492. The van der Waals surface area contributed by atoms with E-state index in [2.05, 4.69) is 5.32 Å². The third kappa shape index (κ3) is 5.74. The molecule has 0 heterocycles. The van der Waals surface area contributed by atoms with Crippen LogP contribution in [-0.4, -0.2) is 34.8 Å². The van der Waals surface area contributed by atoms with Crippen molar-refractivity contribution in [2.75, 3.05) is 30.1 Å². The van der Waals surface area contributed by atoms with Crippen molar-refractivity contribution in [3.05, 3.63) is 82.6 Å². The summed E-state index contributed by atoms with van der Waals surface area (Å²) in [5.74, 6) is -0.742. The molecule has 1 N–H and O–H groups in total. The highest BCUT2D eigenvalue weighted by Gasteiger charge is 2.27. The first kappa shape index (κ1) is 24.3. The summed E-state index contributed by atoms with van der Waals surface area (Å²) in [4.78, 5) is 13.2. The summed E-state index contributed by atoms with van der Waals surface area (Å²) in [5.41, 5.74) is 0.584. The van der Waals surface area contributed by atoms with Crippen LogP contribution in [0.1, 0.15) is 15.9 Å². The number of hydrogen-bond acceptors (Lipinski definition) is 5. The van der Waals surface area contributed by atoms with Crippen LogP contribution in [-0.2, 0) is 16.6 Å². The van der Waals surface area contributed by atoms with E-state index in [-0.39, 0.29) is 34.9 Å². The number of benzene rings is 3. The second kappa shape index (κ2) is 10.1. The largest absolute Gasteiger partial charge is 0.493 e. The van der Waals surface area contributed by atoms with Crippen molar-refractivity contribution in [3.8, 4) is 11.5 Å². The molecule has 10 heteroatoms. The fourth-order valence-corrected chi connectivity index (χ4v) is 4.16. The van der Waals surface area contributed by atoms with Gasteiger partial charge in [-0.05, 0) is 36.4 Å². The Bertz CT molecular complexity index is 1270. The molecular formula is C23H22ClFN2O5S. The molecule has 7 nitrogen and oxygen atoms in total. The standard InChI is InChI=1S/C23H22ClFN2O5S/c1-31-21-12-18(23(28)26-17-10-8-16(24)9-11-17)20(13-22(21)32-2)27(33(3,29)30)14-15-6-4-5-7-19(15)25/h4-13H,14H2,1-3H3,(H,26,28). The number of hydrogen-bond donors (Lipinski definition) is 1. The maximum absolute atomic E-state index is 14.3. The van der Waals surface area contributed by atoms with Crippen molar-refractivity contribution >= 4 is 38.9 Å². The van der Waals surface area contributed by atoms with Gasteiger partial charge in [0.1, 0.15) is 5.82 Å². The average molecular weight is 493 g/mol. The Morgan fingerprint density at radius 2 is 1.64 bits per heavy atom. The van der Waals surface area contributed by atoms with Gasteiger partial charge in [-0.3, -0.25) is 9.10 Å². The van der Waals surface area contributed by atoms with Gasteiger partial charge in [0.15, 0.2) is 11.5 Å². The predicted molar refractivity (Wildman–Crippen MR) is 126 cm³/mol. The maximum Gasteiger partial charge on any atom is 0.257 e. The van der Waals surface area contributed by atoms with Gasteiger partial charge in [0.25, 0.3) is 5.91 Å². The van der Waals surface area contributed by atoms with Crippen molar-refractivity contribution in [2.45, 2.75) is 6.54 Å². The number of amides is 1. The molecule has 0 unspecified atom stereocenters. The summed E-state index contributed by atoms with van der Waals surface area (Å²) in [6, 6.07) is 15.0. The van der Waals surface area contributed by atoms with Gasteiger partial charge in [-0.15, -0.1) is 0 Å². The number of nitrogens with one attached hydrogen (secondary N) is 1. The topological polar surface area (TPSA) is 84.9 Å². The van der Waals surface area contributed by atoms with E-state index in [0.717, 1.165) is 10.6 Å². The van der Waals surface area contributed by atoms with E-state index >= 15 is 0 Å². The highest BCUT2D eigenvalue weighted by molar-refractivity contribution is 7.92. The summed E-state index contributed by atoms with van der Waals surface area (Å²) >= 11 is 5.90. The van der Waals surface area contributed by atoms with Crippen LogP contribution in [0.4, 0.5) is 15.8 Å². The Morgan fingerprint density at radius 3 is 2.21 bits per heavy atom. The molecule has 3 rings (SSSR count). The fourth-order valence-electron chi connectivity index (χ4n) is 3.15. The molecule has 3 aromatic carbocycles. The Labute approximate surface area is 196 Å². The Balaban J connectivity index is 2.14. The number of anilines is 2. The zero-order valence-corrected chi connectivity index (χ0v) is 19.7. The van der Waals surface area contributed by atoms with Crippen LogP contribution in [0, 0.1) is 5.82 Å². The van der Waals surface area contributed by atoms with Crippen molar-refractivity contribution < 1.29 is 27.1 Å². The van der Waals surface area contributed by atoms with Gasteiger partial charge in [-0.25, -0.2) is 12.8 Å². The number of nitrogens with zero attached hydrogens (tertiary/aromatic N) is 1. The van der Waals surface area contributed by atoms with E-state index in [1.54, 1.807) is 30.3 Å². The lowest BCUT2D eigenvalue weighted by molar-refractivity contribution is 0.102. The first-order chi connectivity index (χ1) is 15.6. The van der Waals surface area contributed by atoms with Crippen molar-refractivity contribution in [2.24, 2.45) is 0 Å². The molecule has 0 bridgehead atoms. The van der Waals surface area contributed by atoms with Crippen molar-refractivity contribution in [3.63, 3.8) is 0 Å². The summed E-state index contributed by atoms with van der Waals surface area (Å²) < 4.78 is 51.4. The first-order valence-corrected chi connectivity index (χ1v) is 11.9. The van der Waals surface area contributed by atoms with Crippen LogP contribution >= 0.6 is 11.6 Å². The van der Waals surface area contributed by atoms with Gasteiger partial charge >= 0.3 is 0 Å². The fraction of sp³-hybridized carbons (Fsp3) is 0.174. The summed E-state index contributed by atoms with van der Waals surface area (Å²) in [6.45, 7) is -0.331. The zero-order chi connectivity index (χ0) is 24.2. The van der Waals surface area contributed by atoms with E-state index in [1.165, 1.54) is 44.6 Å².